The van der Waals surface area contributed by atoms with Crippen molar-refractivity contribution in [1.29, 1.82) is 0 Å². The molecule has 0 saturated heterocycles. The van der Waals surface area contributed by atoms with E-state index in [1.165, 1.54) is 0 Å². The normalized spacial score (nSPS) is 14.7. The molecule has 2 atom stereocenters. The molecule has 0 aromatic carbocycles. The molecule has 0 rings (SSSR count). The van der Waals surface area contributed by atoms with Crippen LogP contribution in [0.3, 0.4) is 0 Å². The van der Waals surface area contributed by atoms with Crippen molar-refractivity contribution in [2.24, 2.45) is 5.73 Å². The number of rotatable bonds is 32. The highest BCUT2D eigenvalue weighted by molar-refractivity contribution is 7.47. The predicted molar refractivity (Wildman–Crippen MR) is 210 cm³/mol. The molecule has 0 aliphatic heterocycles. The Morgan fingerprint density at radius 2 is 1.14 bits per heavy atom. The Balaban J connectivity index is 4.44. The Morgan fingerprint density at radius 1 is 0.608 bits per heavy atom. The van der Waals surface area contributed by atoms with Crippen molar-refractivity contribution in [1.82, 2.24) is 0 Å². The standard InChI is InChI=1S/C41H64NO8P/c1-3-5-7-9-11-13-15-17-18-19-20-22-23-25-27-29-31-33-40(43)47-37-39(38-49-51(45,46)48-36-35-42)50-41(44)34-32-30-28-26-24-21-16-14-12-10-8-6-4-2/h5-8,10-14,16-18,20-22,24-25,27,39H,3-4,9,15,19,23,26,28-38,42H2,1-2H3,(H,45,46)/b7-5+,8-6+,12-10+,13-11+,16-14+,18-17+,22-20+,24-21+,27-25+. The molecule has 0 aliphatic carbocycles. The Morgan fingerprint density at radius 3 is 1.75 bits per heavy atom. The molecule has 0 aromatic heterocycles. The number of phosphoric ester groups is 1. The maximum atomic E-state index is 12.5. The van der Waals surface area contributed by atoms with Crippen LogP contribution in [0.4, 0.5) is 0 Å². The molecule has 0 amide bonds. The van der Waals surface area contributed by atoms with Gasteiger partial charge in [0.2, 0.25) is 0 Å². The van der Waals surface area contributed by atoms with Gasteiger partial charge in [-0.1, -0.05) is 130 Å². The van der Waals surface area contributed by atoms with Crippen LogP contribution in [-0.2, 0) is 32.7 Å². The van der Waals surface area contributed by atoms with Gasteiger partial charge in [-0.25, -0.2) is 4.57 Å². The SMILES string of the molecule is CC/C=C/C=C/C=C/C=C/CCCCCC(=O)OC(COC(=O)CCC/C=C/C/C=C/C/C=C/C/C=C/C/C=C/CC)COP(=O)(O)OCCN. The van der Waals surface area contributed by atoms with Crippen LogP contribution in [0, 0.1) is 0 Å². The summed E-state index contributed by atoms with van der Waals surface area (Å²) in [4.78, 5) is 34.7. The van der Waals surface area contributed by atoms with Crippen LogP contribution in [0.2, 0.25) is 0 Å². The Labute approximate surface area is 308 Å². The molecule has 51 heavy (non-hydrogen) atoms. The number of ether oxygens (including phenoxy) is 2. The third kappa shape index (κ3) is 36.3. The van der Waals surface area contributed by atoms with E-state index >= 15 is 0 Å². The van der Waals surface area contributed by atoms with Gasteiger partial charge in [0, 0.05) is 19.4 Å². The number of carbonyl (C=O) groups excluding carboxylic acids is 2. The predicted octanol–water partition coefficient (Wildman–Crippen LogP) is 10.0. The molecule has 9 nitrogen and oxygen atoms in total. The van der Waals surface area contributed by atoms with E-state index in [1.54, 1.807) is 0 Å². The van der Waals surface area contributed by atoms with Crippen LogP contribution in [0.25, 0.3) is 0 Å². The number of allylic oxidation sites excluding steroid dienone is 18. The van der Waals surface area contributed by atoms with Crippen molar-refractivity contribution in [3.05, 3.63) is 109 Å². The van der Waals surface area contributed by atoms with E-state index in [9.17, 15) is 19.0 Å². The number of nitrogens with two attached hydrogens (primary N) is 1. The van der Waals surface area contributed by atoms with Crippen molar-refractivity contribution >= 4 is 19.8 Å². The van der Waals surface area contributed by atoms with Gasteiger partial charge >= 0.3 is 19.8 Å². The molecule has 10 heteroatoms. The first-order valence-electron chi connectivity index (χ1n) is 18.4. The topological polar surface area (TPSA) is 134 Å². The first kappa shape index (κ1) is 47.7. The number of hydrogen-bond donors (Lipinski definition) is 2. The van der Waals surface area contributed by atoms with Crippen LogP contribution < -0.4 is 5.73 Å². The summed E-state index contributed by atoms with van der Waals surface area (Å²) in [5.74, 6) is -0.960. The maximum Gasteiger partial charge on any atom is 0.472 e. The highest BCUT2D eigenvalue weighted by Gasteiger charge is 2.25. The molecule has 0 heterocycles. The summed E-state index contributed by atoms with van der Waals surface area (Å²) in [5, 5.41) is 0. The van der Waals surface area contributed by atoms with Crippen molar-refractivity contribution in [2.75, 3.05) is 26.4 Å². The second-order valence-corrected chi connectivity index (χ2v) is 12.9. The Hall–Kier alpha value is -3.33. The maximum absolute atomic E-state index is 12.5. The number of unbranched alkanes of at least 4 members (excludes halogenated alkanes) is 4. The highest BCUT2D eigenvalue weighted by Crippen LogP contribution is 2.43. The lowest BCUT2D eigenvalue weighted by Gasteiger charge is -2.19. The summed E-state index contributed by atoms with van der Waals surface area (Å²) in [6, 6.07) is 0. The summed E-state index contributed by atoms with van der Waals surface area (Å²) < 4.78 is 32.5. The van der Waals surface area contributed by atoms with Gasteiger partial charge in [0.15, 0.2) is 6.10 Å². The summed E-state index contributed by atoms with van der Waals surface area (Å²) in [6.07, 6.45) is 47.0. The van der Waals surface area contributed by atoms with E-state index in [2.05, 4.69) is 80.7 Å². The van der Waals surface area contributed by atoms with Gasteiger partial charge in [0.1, 0.15) is 6.61 Å². The fourth-order valence-electron chi connectivity index (χ4n) is 4.09. The number of hydrogen-bond acceptors (Lipinski definition) is 8. The fourth-order valence-corrected chi connectivity index (χ4v) is 4.85. The van der Waals surface area contributed by atoms with Crippen molar-refractivity contribution in [3.8, 4) is 0 Å². The molecule has 0 aliphatic rings. The van der Waals surface area contributed by atoms with E-state index in [-0.39, 0.29) is 32.6 Å². The van der Waals surface area contributed by atoms with E-state index in [1.807, 2.05) is 42.5 Å². The molecule has 286 valence electrons. The summed E-state index contributed by atoms with van der Waals surface area (Å²) in [5.41, 5.74) is 5.32. The molecule has 0 bridgehead atoms. The van der Waals surface area contributed by atoms with Crippen LogP contribution in [-0.4, -0.2) is 49.3 Å². The number of esters is 2. The summed E-state index contributed by atoms with van der Waals surface area (Å²) in [6.45, 7) is 3.31. The smallest absolute Gasteiger partial charge is 0.462 e. The van der Waals surface area contributed by atoms with E-state index in [0.717, 1.165) is 64.2 Å². The summed E-state index contributed by atoms with van der Waals surface area (Å²) >= 11 is 0. The van der Waals surface area contributed by atoms with E-state index in [4.69, 9.17) is 24.3 Å². The largest absolute Gasteiger partial charge is 0.472 e. The molecule has 3 N–H and O–H groups in total. The lowest BCUT2D eigenvalue weighted by molar-refractivity contribution is -0.161. The van der Waals surface area contributed by atoms with Crippen LogP contribution in [0.1, 0.15) is 104 Å². The lowest BCUT2D eigenvalue weighted by atomic mass is 10.1. The van der Waals surface area contributed by atoms with E-state index in [0.29, 0.717) is 12.8 Å². The van der Waals surface area contributed by atoms with Gasteiger partial charge in [0.05, 0.1) is 13.2 Å². The third-order valence-electron chi connectivity index (χ3n) is 6.75. The second-order valence-electron chi connectivity index (χ2n) is 11.4. The summed E-state index contributed by atoms with van der Waals surface area (Å²) in [7, 11) is -4.40. The lowest BCUT2D eigenvalue weighted by Crippen LogP contribution is -2.29. The quantitative estimate of drug-likeness (QED) is 0.0228. The molecular weight excluding hydrogens is 665 g/mol. The molecule has 0 radical (unpaired) electrons. The molecule has 0 saturated carbocycles. The van der Waals surface area contributed by atoms with E-state index < -0.39 is 32.5 Å². The van der Waals surface area contributed by atoms with Gasteiger partial charge in [-0.3, -0.25) is 18.6 Å². The average Bonchev–Trinajstić information content (AvgIpc) is 3.11. The van der Waals surface area contributed by atoms with Gasteiger partial charge in [0.25, 0.3) is 0 Å². The molecule has 0 spiro atoms. The minimum Gasteiger partial charge on any atom is -0.462 e. The van der Waals surface area contributed by atoms with Crippen LogP contribution in [0.15, 0.2) is 109 Å². The zero-order valence-corrected chi connectivity index (χ0v) is 31.9. The van der Waals surface area contributed by atoms with Crippen molar-refractivity contribution in [3.63, 3.8) is 0 Å². The Bertz CT molecular complexity index is 1200. The first-order chi connectivity index (χ1) is 24.8. The minimum absolute atomic E-state index is 0.0321. The zero-order chi connectivity index (χ0) is 37.5. The highest BCUT2D eigenvalue weighted by atomic mass is 31.2. The van der Waals surface area contributed by atoms with Gasteiger partial charge in [-0.2, -0.15) is 0 Å². The van der Waals surface area contributed by atoms with Crippen molar-refractivity contribution < 1.29 is 37.6 Å². The van der Waals surface area contributed by atoms with Gasteiger partial charge < -0.3 is 20.1 Å². The fraction of sp³-hybridized carbons (Fsp3) is 0.512. The second kappa shape index (κ2) is 36.5. The average molecular weight is 730 g/mol. The van der Waals surface area contributed by atoms with Gasteiger partial charge in [-0.05, 0) is 70.6 Å². The molecule has 0 fully saturated rings. The zero-order valence-electron chi connectivity index (χ0n) is 31.0. The van der Waals surface area contributed by atoms with Crippen molar-refractivity contribution in [2.45, 2.75) is 110 Å². The number of phosphoric acid groups is 1. The molecular formula is C41H64NO8P. The third-order valence-corrected chi connectivity index (χ3v) is 7.73. The van der Waals surface area contributed by atoms with Crippen LogP contribution >= 0.6 is 7.82 Å². The van der Waals surface area contributed by atoms with Crippen LogP contribution in [0.5, 0.6) is 0 Å². The minimum atomic E-state index is -4.40. The van der Waals surface area contributed by atoms with Gasteiger partial charge in [-0.15, -0.1) is 0 Å². The molecule has 0 aromatic rings. The monoisotopic (exact) mass is 729 g/mol. The molecule has 2 unspecified atom stereocenters. The Kier molecular flexibility index (Phi) is 34.1. The first-order valence-corrected chi connectivity index (χ1v) is 19.9. The number of carbonyl (C=O) groups is 2.